The van der Waals surface area contributed by atoms with Crippen molar-refractivity contribution >= 4 is 27.3 Å². The molecule has 0 unspecified atom stereocenters. The molecular weight excluding hydrogens is 411 g/mol. The van der Waals surface area contributed by atoms with Crippen LogP contribution in [0.4, 0.5) is 33.3 Å². The van der Waals surface area contributed by atoms with Crippen LogP contribution in [0, 0.1) is 11.6 Å². The van der Waals surface area contributed by atoms with Gasteiger partial charge in [0, 0.05) is 0 Å². The molecule has 28 heavy (non-hydrogen) atoms. The van der Waals surface area contributed by atoms with E-state index in [2.05, 4.69) is 0 Å². The molecule has 0 saturated heterocycles. The van der Waals surface area contributed by atoms with E-state index >= 15 is 0 Å². The average Bonchev–Trinajstić information content (AvgIpc) is 2.57. The fourth-order valence-electron chi connectivity index (χ4n) is 1.88. The molecule has 0 aliphatic heterocycles. The minimum Gasteiger partial charge on any atom is -0.373 e. The Balaban J connectivity index is 2.27. The van der Waals surface area contributed by atoms with E-state index in [-0.39, 0.29) is 6.92 Å². The molecule has 1 atom stereocenters. The Hall–Kier alpha value is -2.73. The number of aliphatic hydroxyl groups is 1. The topological polar surface area (TPSA) is 95.5 Å². The Labute approximate surface area is 156 Å². The molecule has 0 spiro atoms. The maximum absolute atomic E-state index is 14.1. The van der Waals surface area contributed by atoms with Crippen molar-refractivity contribution in [1.82, 2.24) is 0 Å². The zero-order chi connectivity index (χ0) is 21.3. The quantitative estimate of drug-likeness (QED) is 0.643. The predicted octanol–water partition coefficient (Wildman–Crippen LogP) is 3.02. The first kappa shape index (κ1) is 21.6. The van der Waals surface area contributed by atoms with E-state index in [0.717, 1.165) is 18.2 Å². The summed E-state index contributed by atoms with van der Waals surface area (Å²) in [5.41, 5.74) is -4.99. The zero-order valence-electron chi connectivity index (χ0n) is 14.0. The Morgan fingerprint density at radius 1 is 1.00 bits per heavy atom. The molecule has 12 heteroatoms. The van der Waals surface area contributed by atoms with Gasteiger partial charge in [-0.2, -0.15) is 13.2 Å². The third-order valence-corrected chi connectivity index (χ3v) is 4.97. The zero-order valence-corrected chi connectivity index (χ0v) is 14.8. The van der Waals surface area contributed by atoms with Crippen molar-refractivity contribution in [1.29, 1.82) is 0 Å². The lowest BCUT2D eigenvalue weighted by molar-refractivity contribution is -0.242. The monoisotopic (exact) mass is 424 g/mol. The number of benzene rings is 2. The van der Waals surface area contributed by atoms with Gasteiger partial charge in [-0.15, -0.1) is 0 Å². The molecule has 2 rings (SSSR count). The van der Waals surface area contributed by atoms with Gasteiger partial charge < -0.3 is 10.4 Å². The van der Waals surface area contributed by atoms with Crippen LogP contribution in [0.15, 0.2) is 47.4 Å². The lowest BCUT2D eigenvalue weighted by atomic mass is 10.1. The molecule has 0 saturated carbocycles. The van der Waals surface area contributed by atoms with Crippen molar-refractivity contribution in [2.75, 3.05) is 10.0 Å². The third-order valence-electron chi connectivity index (χ3n) is 3.61. The second kappa shape index (κ2) is 7.36. The largest absolute Gasteiger partial charge is 0.426 e. The molecule has 2 aromatic rings. The normalized spacial score (nSPS) is 14.2. The summed E-state index contributed by atoms with van der Waals surface area (Å²) < 4.78 is 91.8. The van der Waals surface area contributed by atoms with Crippen molar-refractivity contribution in [2.24, 2.45) is 0 Å². The average molecular weight is 424 g/mol. The van der Waals surface area contributed by atoms with E-state index < -0.39 is 55.6 Å². The maximum Gasteiger partial charge on any atom is 0.426 e. The molecule has 6 nitrogen and oxygen atoms in total. The molecule has 0 aliphatic carbocycles. The van der Waals surface area contributed by atoms with Gasteiger partial charge in [-0.05, 0) is 37.3 Å². The lowest BCUT2D eigenvalue weighted by Crippen LogP contribution is -2.52. The molecule has 0 radical (unpaired) electrons. The van der Waals surface area contributed by atoms with Gasteiger partial charge in [-0.25, -0.2) is 17.2 Å². The first-order chi connectivity index (χ1) is 12.8. The van der Waals surface area contributed by atoms with Crippen LogP contribution in [0.1, 0.15) is 6.92 Å². The molecule has 2 aromatic carbocycles. The van der Waals surface area contributed by atoms with Crippen LogP contribution in [0.5, 0.6) is 0 Å². The Bertz CT molecular complexity index is 1010. The van der Waals surface area contributed by atoms with Gasteiger partial charge in [0.1, 0.15) is 11.6 Å². The number of hydrogen-bond donors (Lipinski definition) is 3. The van der Waals surface area contributed by atoms with Crippen molar-refractivity contribution in [3.05, 3.63) is 54.1 Å². The number of amides is 1. The van der Waals surface area contributed by atoms with Crippen molar-refractivity contribution < 1.29 is 40.3 Å². The van der Waals surface area contributed by atoms with Crippen LogP contribution < -0.4 is 10.0 Å². The van der Waals surface area contributed by atoms with Crippen LogP contribution in [0.3, 0.4) is 0 Å². The fourth-order valence-corrected chi connectivity index (χ4v) is 2.96. The van der Waals surface area contributed by atoms with E-state index in [1.807, 2.05) is 4.72 Å². The number of rotatable bonds is 5. The van der Waals surface area contributed by atoms with Gasteiger partial charge in [0.2, 0.25) is 5.60 Å². The number of para-hydroxylation sites is 1. The summed E-state index contributed by atoms with van der Waals surface area (Å²) in [6.07, 6.45) is -5.32. The summed E-state index contributed by atoms with van der Waals surface area (Å²) in [4.78, 5) is 10.9. The fraction of sp³-hybridized carbons (Fsp3) is 0.188. The number of hydrogen-bond acceptors (Lipinski definition) is 4. The number of sulfonamides is 1. The number of carbonyl (C=O) groups is 1. The lowest BCUT2D eigenvalue weighted by Gasteiger charge is -2.25. The molecule has 152 valence electrons. The summed E-state index contributed by atoms with van der Waals surface area (Å²) >= 11 is 0. The second-order valence-electron chi connectivity index (χ2n) is 5.75. The summed E-state index contributed by atoms with van der Waals surface area (Å²) in [6, 6.07) is 6.67. The van der Waals surface area contributed by atoms with Gasteiger partial charge in [-0.1, -0.05) is 12.1 Å². The number of nitrogens with one attached hydrogen (secondary N) is 2. The molecule has 0 aliphatic rings. The maximum atomic E-state index is 14.1. The van der Waals surface area contributed by atoms with Crippen molar-refractivity contribution in [2.45, 2.75) is 23.6 Å². The molecule has 0 aromatic heterocycles. The predicted molar refractivity (Wildman–Crippen MR) is 88.9 cm³/mol. The third kappa shape index (κ3) is 4.39. The van der Waals surface area contributed by atoms with Gasteiger partial charge in [0.25, 0.3) is 15.9 Å². The highest BCUT2D eigenvalue weighted by atomic mass is 32.2. The minimum absolute atomic E-state index is 0.178. The first-order valence-electron chi connectivity index (χ1n) is 7.43. The molecule has 3 N–H and O–H groups in total. The standard InChI is InChI=1S/C16H13F5N2O4S/c1-15(25,16(19,20)21)14(24)22-12-7-6-9(8-11(12)18)28(26,27)23-13-5-3-2-4-10(13)17/h2-8,23,25H,1H3,(H,22,24)/t15-/m1/s1. The molecule has 0 bridgehead atoms. The summed E-state index contributed by atoms with van der Waals surface area (Å²) in [5.74, 6) is -4.23. The SMILES string of the molecule is C[C@@](O)(C(=O)Nc1ccc(S(=O)(=O)Nc2ccccc2F)cc1F)C(F)(F)F. The number of halogens is 5. The van der Waals surface area contributed by atoms with E-state index in [4.69, 9.17) is 0 Å². The van der Waals surface area contributed by atoms with E-state index in [1.54, 1.807) is 0 Å². The molecule has 1 amide bonds. The Morgan fingerprint density at radius 3 is 2.14 bits per heavy atom. The van der Waals surface area contributed by atoms with Crippen LogP contribution in [0.25, 0.3) is 0 Å². The van der Waals surface area contributed by atoms with Gasteiger partial charge in [0.05, 0.1) is 16.3 Å². The minimum atomic E-state index is -5.32. The van der Waals surface area contributed by atoms with Crippen LogP contribution >= 0.6 is 0 Å². The van der Waals surface area contributed by atoms with Crippen LogP contribution in [-0.2, 0) is 14.8 Å². The smallest absolute Gasteiger partial charge is 0.373 e. The van der Waals surface area contributed by atoms with Crippen LogP contribution in [0.2, 0.25) is 0 Å². The Morgan fingerprint density at radius 2 is 1.61 bits per heavy atom. The molecule has 0 heterocycles. The number of carbonyl (C=O) groups excluding carboxylic acids is 1. The summed E-state index contributed by atoms with van der Waals surface area (Å²) in [6.45, 7) is 0.178. The van der Waals surface area contributed by atoms with Crippen molar-refractivity contribution in [3.8, 4) is 0 Å². The second-order valence-corrected chi connectivity index (χ2v) is 7.43. The van der Waals surface area contributed by atoms with E-state index in [1.165, 1.54) is 17.4 Å². The number of alkyl halides is 3. The van der Waals surface area contributed by atoms with E-state index in [0.29, 0.717) is 12.1 Å². The molecular formula is C16H13F5N2O4S. The highest BCUT2D eigenvalue weighted by Crippen LogP contribution is 2.31. The van der Waals surface area contributed by atoms with Gasteiger partial charge >= 0.3 is 6.18 Å². The first-order valence-corrected chi connectivity index (χ1v) is 8.91. The van der Waals surface area contributed by atoms with E-state index in [9.17, 15) is 40.3 Å². The summed E-state index contributed by atoms with van der Waals surface area (Å²) in [5, 5.41) is 10.8. The summed E-state index contributed by atoms with van der Waals surface area (Å²) in [7, 11) is -4.43. The van der Waals surface area contributed by atoms with Crippen molar-refractivity contribution in [3.63, 3.8) is 0 Å². The number of anilines is 2. The van der Waals surface area contributed by atoms with Crippen LogP contribution in [-0.4, -0.2) is 31.2 Å². The Kier molecular flexibility index (Phi) is 5.67. The van der Waals surface area contributed by atoms with Gasteiger partial charge in [-0.3, -0.25) is 9.52 Å². The highest BCUT2D eigenvalue weighted by Gasteiger charge is 2.55. The molecule has 0 fully saturated rings. The highest BCUT2D eigenvalue weighted by molar-refractivity contribution is 7.92. The van der Waals surface area contributed by atoms with Gasteiger partial charge in [0.15, 0.2) is 0 Å².